The molecule has 0 fully saturated rings. The highest BCUT2D eigenvalue weighted by Gasteiger charge is 2.07. The summed E-state index contributed by atoms with van der Waals surface area (Å²) in [6.07, 6.45) is 0. The van der Waals surface area contributed by atoms with Gasteiger partial charge in [0, 0.05) is 12.1 Å². The molecule has 0 aliphatic carbocycles. The minimum Gasteiger partial charge on any atom is -0.477 e. The Morgan fingerprint density at radius 1 is 1.33 bits per heavy atom. The molecule has 1 aromatic carbocycles. The fourth-order valence-corrected chi connectivity index (χ4v) is 1.42. The van der Waals surface area contributed by atoms with E-state index in [-0.39, 0.29) is 22.3 Å². The van der Waals surface area contributed by atoms with Crippen molar-refractivity contribution < 1.29 is 19.0 Å². The first kappa shape index (κ1) is 12.3. The van der Waals surface area contributed by atoms with Gasteiger partial charge in [-0.05, 0) is 18.2 Å². The maximum absolute atomic E-state index is 12.9. The Hall–Kier alpha value is -2.14. The minimum atomic E-state index is -1.16. The van der Waals surface area contributed by atoms with Crippen LogP contribution in [0, 0.1) is 5.82 Å². The van der Waals surface area contributed by atoms with Gasteiger partial charge in [-0.15, -0.1) is 0 Å². The van der Waals surface area contributed by atoms with Gasteiger partial charge in [0.1, 0.15) is 11.6 Å². The Balaban J connectivity index is 2.25. The predicted molar refractivity (Wildman–Crippen MR) is 62.7 cm³/mol. The summed E-state index contributed by atoms with van der Waals surface area (Å²) in [6, 6.07) is 8.13. The first-order valence-electron chi connectivity index (χ1n) is 4.89. The molecule has 1 N–H and O–H groups in total. The number of halogens is 2. The molecule has 18 heavy (non-hydrogen) atoms. The van der Waals surface area contributed by atoms with Gasteiger partial charge in [-0.1, -0.05) is 17.7 Å². The van der Waals surface area contributed by atoms with E-state index in [1.54, 1.807) is 0 Å². The number of carboxylic acid groups (broad SMARTS) is 1. The molecule has 0 atom stereocenters. The zero-order chi connectivity index (χ0) is 13.1. The Morgan fingerprint density at radius 2 is 2.11 bits per heavy atom. The van der Waals surface area contributed by atoms with Gasteiger partial charge < -0.3 is 9.84 Å². The molecule has 2 rings (SSSR count). The normalized spacial score (nSPS) is 10.1. The van der Waals surface area contributed by atoms with Gasteiger partial charge >= 0.3 is 5.97 Å². The van der Waals surface area contributed by atoms with Gasteiger partial charge in [-0.25, -0.2) is 14.2 Å². The summed E-state index contributed by atoms with van der Waals surface area (Å²) in [7, 11) is 0. The van der Waals surface area contributed by atoms with E-state index in [2.05, 4.69) is 4.98 Å². The van der Waals surface area contributed by atoms with Crippen LogP contribution in [0.3, 0.4) is 0 Å². The number of rotatable bonds is 3. The standard InChI is InChI=1S/C12H7ClFNO3/c13-8-6-7(4-5-9(8)14)18-11-3-1-2-10(15-11)12(16)17/h1-6H,(H,16,17). The monoisotopic (exact) mass is 267 g/mol. The number of carbonyl (C=O) groups is 1. The first-order chi connectivity index (χ1) is 8.56. The molecular formula is C12H7ClFNO3. The highest BCUT2D eigenvalue weighted by molar-refractivity contribution is 6.30. The van der Waals surface area contributed by atoms with Gasteiger partial charge in [0.05, 0.1) is 5.02 Å². The topological polar surface area (TPSA) is 59.4 Å². The van der Waals surface area contributed by atoms with E-state index in [1.807, 2.05) is 0 Å². The zero-order valence-corrected chi connectivity index (χ0v) is 9.69. The summed E-state index contributed by atoms with van der Waals surface area (Å²) in [6.45, 7) is 0. The molecule has 1 heterocycles. The van der Waals surface area contributed by atoms with E-state index in [0.29, 0.717) is 0 Å². The summed E-state index contributed by atoms with van der Waals surface area (Å²) in [4.78, 5) is 14.5. The van der Waals surface area contributed by atoms with E-state index < -0.39 is 11.8 Å². The molecule has 6 heteroatoms. The molecule has 2 aromatic rings. The summed E-state index contributed by atoms with van der Waals surface area (Å²) >= 11 is 5.59. The number of aromatic nitrogens is 1. The van der Waals surface area contributed by atoms with Crippen LogP contribution in [0.25, 0.3) is 0 Å². The largest absolute Gasteiger partial charge is 0.477 e. The molecule has 0 unspecified atom stereocenters. The van der Waals surface area contributed by atoms with E-state index in [4.69, 9.17) is 21.4 Å². The maximum Gasteiger partial charge on any atom is 0.354 e. The molecular weight excluding hydrogens is 261 g/mol. The second-order valence-electron chi connectivity index (χ2n) is 3.34. The Morgan fingerprint density at radius 3 is 2.78 bits per heavy atom. The van der Waals surface area contributed by atoms with Crippen LogP contribution >= 0.6 is 11.6 Å². The van der Waals surface area contributed by atoms with Crippen LogP contribution in [0.4, 0.5) is 4.39 Å². The summed E-state index contributed by atoms with van der Waals surface area (Å²) in [5.41, 5.74) is -0.138. The smallest absolute Gasteiger partial charge is 0.354 e. The Bertz CT molecular complexity index is 604. The molecule has 0 saturated carbocycles. The van der Waals surface area contributed by atoms with E-state index in [1.165, 1.54) is 30.3 Å². The van der Waals surface area contributed by atoms with E-state index in [9.17, 15) is 9.18 Å². The third-order valence-corrected chi connectivity index (χ3v) is 2.35. The van der Waals surface area contributed by atoms with Gasteiger partial charge in [0.25, 0.3) is 0 Å². The van der Waals surface area contributed by atoms with Crippen LogP contribution < -0.4 is 4.74 Å². The Kier molecular flexibility index (Phi) is 3.43. The van der Waals surface area contributed by atoms with Gasteiger partial charge in [0.15, 0.2) is 5.69 Å². The lowest BCUT2D eigenvalue weighted by Crippen LogP contribution is -2.00. The quantitative estimate of drug-likeness (QED) is 0.926. The second kappa shape index (κ2) is 5.01. The number of hydrogen-bond acceptors (Lipinski definition) is 3. The van der Waals surface area contributed by atoms with E-state index >= 15 is 0 Å². The molecule has 1 aromatic heterocycles. The van der Waals surface area contributed by atoms with Crippen molar-refractivity contribution in [2.45, 2.75) is 0 Å². The fourth-order valence-electron chi connectivity index (χ4n) is 1.25. The minimum absolute atomic E-state index is 0.0816. The van der Waals surface area contributed by atoms with E-state index in [0.717, 1.165) is 6.07 Å². The lowest BCUT2D eigenvalue weighted by atomic mass is 10.3. The lowest BCUT2D eigenvalue weighted by Gasteiger charge is -2.05. The summed E-state index contributed by atoms with van der Waals surface area (Å²) in [5, 5.41) is 8.69. The molecule has 0 radical (unpaired) electrons. The number of pyridine rings is 1. The number of hydrogen-bond donors (Lipinski definition) is 1. The second-order valence-corrected chi connectivity index (χ2v) is 3.75. The summed E-state index contributed by atoms with van der Waals surface area (Å²) < 4.78 is 18.2. The average molecular weight is 268 g/mol. The van der Waals surface area contributed by atoms with Gasteiger partial charge in [-0.2, -0.15) is 0 Å². The Labute approximate surface area is 107 Å². The number of nitrogens with zero attached hydrogens (tertiary/aromatic N) is 1. The third-order valence-electron chi connectivity index (χ3n) is 2.06. The SMILES string of the molecule is O=C(O)c1cccc(Oc2ccc(F)c(Cl)c2)n1. The number of carboxylic acids is 1. The fraction of sp³-hybridized carbons (Fsp3) is 0. The van der Waals surface area contributed by atoms with Gasteiger partial charge in [0.2, 0.25) is 5.88 Å². The highest BCUT2D eigenvalue weighted by Crippen LogP contribution is 2.25. The van der Waals surface area contributed by atoms with Crippen LogP contribution in [0.2, 0.25) is 5.02 Å². The van der Waals surface area contributed by atoms with Crippen molar-refractivity contribution >= 4 is 17.6 Å². The van der Waals surface area contributed by atoms with Crippen molar-refractivity contribution in [3.8, 4) is 11.6 Å². The summed E-state index contributed by atoms with van der Waals surface area (Å²) in [5.74, 6) is -1.34. The van der Waals surface area contributed by atoms with Crippen molar-refractivity contribution in [3.63, 3.8) is 0 Å². The van der Waals surface area contributed by atoms with Crippen LogP contribution in [-0.4, -0.2) is 16.1 Å². The van der Waals surface area contributed by atoms with Crippen LogP contribution in [0.15, 0.2) is 36.4 Å². The van der Waals surface area contributed by atoms with Crippen LogP contribution in [0.1, 0.15) is 10.5 Å². The van der Waals surface area contributed by atoms with Crippen molar-refractivity contribution in [1.82, 2.24) is 4.98 Å². The van der Waals surface area contributed by atoms with Crippen molar-refractivity contribution in [3.05, 3.63) is 52.9 Å². The predicted octanol–water partition coefficient (Wildman–Crippen LogP) is 3.36. The average Bonchev–Trinajstić information content (AvgIpc) is 2.34. The van der Waals surface area contributed by atoms with Crippen molar-refractivity contribution in [1.29, 1.82) is 0 Å². The molecule has 0 aliphatic rings. The third kappa shape index (κ3) is 2.75. The zero-order valence-electron chi connectivity index (χ0n) is 8.93. The van der Waals surface area contributed by atoms with Gasteiger partial charge in [-0.3, -0.25) is 0 Å². The number of benzene rings is 1. The molecule has 0 spiro atoms. The first-order valence-corrected chi connectivity index (χ1v) is 5.27. The number of aromatic carboxylic acids is 1. The van der Waals surface area contributed by atoms with Crippen molar-refractivity contribution in [2.75, 3.05) is 0 Å². The van der Waals surface area contributed by atoms with Crippen LogP contribution in [-0.2, 0) is 0 Å². The molecule has 0 bridgehead atoms. The highest BCUT2D eigenvalue weighted by atomic mass is 35.5. The molecule has 0 aliphatic heterocycles. The molecule has 0 saturated heterocycles. The lowest BCUT2D eigenvalue weighted by molar-refractivity contribution is 0.0689. The van der Waals surface area contributed by atoms with Crippen LogP contribution in [0.5, 0.6) is 11.6 Å². The van der Waals surface area contributed by atoms with Crippen molar-refractivity contribution in [2.24, 2.45) is 0 Å². The maximum atomic E-state index is 12.9. The molecule has 0 amide bonds. The molecule has 92 valence electrons. The number of ether oxygens (including phenoxy) is 1. The molecule has 4 nitrogen and oxygen atoms in total.